The third kappa shape index (κ3) is 5.73. The number of rotatable bonds is 9. The Morgan fingerprint density at radius 1 is 0.895 bits per heavy atom. The van der Waals surface area contributed by atoms with Crippen LogP contribution in [0.1, 0.15) is 22.7 Å². The second kappa shape index (κ2) is 11.4. The van der Waals surface area contributed by atoms with Crippen molar-refractivity contribution in [3.05, 3.63) is 126 Å². The topological polar surface area (TPSA) is 93.0 Å². The molecule has 0 radical (unpaired) electrons. The van der Waals surface area contributed by atoms with Crippen LogP contribution in [0.2, 0.25) is 0 Å². The zero-order valence-corrected chi connectivity index (χ0v) is 20.4. The van der Waals surface area contributed by atoms with E-state index >= 15 is 0 Å². The van der Waals surface area contributed by atoms with Crippen molar-refractivity contribution in [3.63, 3.8) is 0 Å². The lowest BCUT2D eigenvalue weighted by atomic mass is 10.0. The van der Waals surface area contributed by atoms with Crippen LogP contribution >= 0.6 is 0 Å². The van der Waals surface area contributed by atoms with Crippen LogP contribution in [0.25, 0.3) is 11.0 Å². The summed E-state index contributed by atoms with van der Waals surface area (Å²) >= 11 is 0. The van der Waals surface area contributed by atoms with Crippen molar-refractivity contribution in [2.45, 2.75) is 25.7 Å². The highest BCUT2D eigenvalue weighted by Crippen LogP contribution is 2.25. The van der Waals surface area contributed by atoms with Crippen LogP contribution in [-0.4, -0.2) is 36.7 Å². The fraction of sp³-hybridized carbons (Fsp3) is 0.138. The van der Waals surface area contributed by atoms with Crippen molar-refractivity contribution in [3.8, 4) is 0 Å². The summed E-state index contributed by atoms with van der Waals surface area (Å²) in [5, 5.41) is 11.2. The Hall–Kier alpha value is -4.92. The monoisotopic (exact) mass is 508 g/mol. The minimum atomic E-state index is -0.931. The molecule has 0 saturated heterocycles. The Balaban J connectivity index is 1.48. The summed E-state index contributed by atoms with van der Waals surface area (Å²) < 4.78 is 14.9. The molecule has 5 aromatic rings. The van der Waals surface area contributed by atoms with Crippen LogP contribution in [0, 0.1) is 5.82 Å². The molecule has 3 aromatic carbocycles. The van der Waals surface area contributed by atoms with Gasteiger partial charge in [0.05, 0.1) is 5.52 Å². The Morgan fingerprint density at radius 3 is 2.42 bits per heavy atom. The average molecular weight is 509 g/mol. The van der Waals surface area contributed by atoms with Gasteiger partial charge in [-0.1, -0.05) is 65.9 Å². The van der Waals surface area contributed by atoms with E-state index in [0.717, 1.165) is 16.6 Å². The van der Waals surface area contributed by atoms with Crippen molar-refractivity contribution in [1.29, 1.82) is 0 Å². The van der Waals surface area contributed by atoms with Crippen molar-refractivity contribution >= 4 is 22.8 Å². The minimum Gasteiger partial charge on any atom is -0.350 e. The maximum atomic E-state index is 13.9. The number of aromatic nitrogens is 4. The molecular weight excluding hydrogens is 483 g/mol. The number of hydrogen-bond donors (Lipinski definition) is 1. The largest absolute Gasteiger partial charge is 0.350 e. The normalized spacial score (nSPS) is 11.7. The summed E-state index contributed by atoms with van der Waals surface area (Å²) in [6.07, 6.45) is 3.32. The third-order valence-corrected chi connectivity index (χ3v) is 6.16. The van der Waals surface area contributed by atoms with Gasteiger partial charge in [0.15, 0.2) is 0 Å². The Morgan fingerprint density at radius 2 is 1.66 bits per heavy atom. The molecule has 2 aromatic heterocycles. The van der Waals surface area contributed by atoms with Crippen molar-refractivity contribution in [1.82, 2.24) is 30.2 Å². The summed E-state index contributed by atoms with van der Waals surface area (Å²) in [6.45, 7) is 0.239. The van der Waals surface area contributed by atoms with E-state index in [1.165, 1.54) is 21.7 Å². The van der Waals surface area contributed by atoms with E-state index in [2.05, 4.69) is 20.6 Å². The number of halogens is 1. The molecule has 1 atom stereocenters. The molecule has 38 heavy (non-hydrogen) atoms. The lowest BCUT2D eigenvalue weighted by molar-refractivity contribution is -0.142. The maximum Gasteiger partial charge on any atom is 0.247 e. The molecule has 0 aliphatic carbocycles. The number of hydrogen-bond acceptors (Lipinski definition) is 5. The first-order chi connectivity index (χ1) is 18.6. The molecule has 0 aliphatic rings. The molecule has 1 N–H and O–H groups in total. The number of carbonyl (C=O) groups excluding carboxylic acids is 2. The number of nitrogens with one attached hydrogen (secondary N) is 1. The average Bonchev–Trinajstić information content (AvgIpc) is 3.36. The molecule has 0 spiro atoms. The lowest BCUT2D eigenvalue weighted by Crippen LogP contribution is -2.44. The Kier molecular flexibility index (Phi) is 7.44. The molecule has 9 heteroatoms. The standard InChI is InChI=1S/C29H25FN6O2/c30-24-14-12-21(13-15-24)18-32-29(38)28(23-8-2-1-3-9-23)35(19-22-7-6-16-31-17-22)27(37)20-36-26-11-5-4-10-25(26)33-34-36/h1-17,28H,18-20H2,(H,32,38)/t28-/m1/s1. The molecule has 2 heterocycles. The van der Waals surface area contributed by atoms with Crippen LogP contribution in [-0.2, 0) is 29.2 Å². The van der Waals surface area contributed by atoms with Gasteiger partial charge in [-0.2, -0.15) is 0 Å². The highest BCUT2D eigenvalue weighted by molar-refractivity contribution is 5.89. The van der Waals surface area contributed by atoms with Crippen LogP contribution in [0.5, 0.6) is 0 Å². The molecule has 5 rings (SSSR count). The molecule has 0 unspecified atom stereocenters. The minimum absolute atomic E-state index is 0.102. The fourth-order valence-corrected chi connectivity index (χ4v) is 4.26. The van der Waals surface area contributed by atoms with Crippen LogP contribution in [0.4, 0.5) is 4.39 Å². The number of benzene rings is 3. The van der Waals surface area contributed by atoms with Gasteiger partial charge in [0.25, 0.3) is 0 Å². The van der Waals surface area contributed by atoms with Gasteiger partial charge in [0, 0.05) is 25.5 Å². The Labute approximate surface area is 218 Å². The second-order valence-corrected chi connectivity index (χ2v) is 8.78. The van der Waals surface area contributed by atoms with Gasteiger partial charge in [-0.25, -0.2) is 9.07 Å². The van der Waals surface area contributed by atoms with Crippen LogP contribution < -0.4 is 5.32 Å². The van der Waals surface area contributed by atoms with Crippen LogP contribution in [0.3, 0.4) is 0 Å². The van der Waals surface area contributed by atoms with Gasteiger partial charge in [0.1, 0.15) is 23.9 Å². The van der Waals surface area contributed by atoms with Gasteiger partial charge in [-0.15, -0.1) is 5.10 Å². The van der Waals surface area contributed by atoms with E-state index in [-0.39, 0.29) is 37.3 Å². The molecule has 0 bridgehead atoms. The summed E-state index contributed by atoms with van der Waals surface area (Å²) in [6, 6.07) is 25.1. The van der Waals surface area contributed by atoms with Crippen molar-refractivity contribution < 1.29 is 14.0 Å². The zero-order valence-electron chi connectivity index (χ0n) is 20.4. The highest BCUT2D eigenvalue weighted by atomic mass is 19.1. The van der Waals surface area contributed by atoms with Gasteiger partial charge in [0.2, 0.25) is 11.8 Å². The second-order valence-electron chi connectivity index (χ2n) is 8.78. The first kappa shape index (κ1) is 24.8. The predicted octanol–water partition coefficient (Wildman–Crippen LogP) is 4.05. The molecule has 0 aliphatic heterocycles. The summed E-state index contributed by atoms with van der Waals surface area (Å²) in [5.74, 6) is -1.02. The molecule has 0 fully saturated rings. The highest BCUT2D eigenvalue weighted by Gasteiger charge is 2.32. The summed E-state index contributed by atoms with van der Waals surface area (Å²) in [5.41, 5.74) is 3.57. The van der Waals surface area contributed by atoms with E-state index in [0.29, 0.717) is 11.1 Å². The molecule has 8 nitrogen and oxygen atoms in total. The van der Waals surface area contributed by atoms with Crippen molar-refractivity contribution in [2.24, 2.45) is 0 Å². The quantitative estimate of drug-likeness (QED) is 0.324. The van der Waals surface area contributed by atoms with E-state index in [9.17, 15) is 14.0 Å². The predicted molar refractivity (Wildman–Crippen MR) is 140 cm³/mol. The number of carbonyl (C=O) groups is 2. The SMILES string of the molecule is O=C(NCc1ccc(F)cc1)[C@@H](c1ccccc1)N(Cc1cccnc1)C(=O)Cn1nnc2ccccc21. The van der Waals surface area contributed by atoms with Gasteiger partial charge in [-0.3, -0.25) is 14.6 Å². The number of pyridine rings is 1. The van der Waals surface area contributed by atoms with Gasteiger partial charge >= 0.3 is 0 Å². The molecular formula is C29H25FN6O2. The molecule has 2 amide bonds. The Bertz CT molecular complexity index is 1520. The number of fused-ring (bicyclic) bond motifs is 1. The van der Waals surface area contributed by atoms with E-state index in [4.69, 9.17) is 0 Å². The third-order valence-electron chi connectivity index (χ3n) is 6.16. The lowest BCUT2D eigenvalue weighted by Gasteiger charge is -2.31. The summed E-state index contributed by atoms with van der Waals surface area (Å²) in [4.78, 5) is 33.3. The summed E-state index contributed by atoms with van der Waals surface area (Å²) in [7, 11) is 0. The van der Waals surface area contributed by atoms with E-state index < -0.39 is 6.04 Å². The number of amides is 2. The fourth-order valence-electron chi connectivity index (χ4n) is 4.26. The zero-order chi connectivity index (χ0) is 26.3. The first-order valence-electron chi connectivity index (χ1n) is 12.1. The number of para-hydroxylation sites is 1. The molecule has 190 valence electrons. The van der Waals surface area contributed by atoms with Gasteiger partial charge in [-0.05, 0) is 47.0 Å². The number of nitrogens with zero attached hydrogens (tertiary/aromatic N) is 5. The van der Waals surface area contributed by atoms with E-state index in [1.54, 1.807) is 30.6 Å². The smallest absolute Gasteiger partial charge is 0.247 e. The van der Waals surface area contributed by atoms with Crippen LogP contribution in [0.15, 0.2) is 103 Å². The first-order valence-corrected chi connectivity index (χ1v) is 12.1. The van der Waals surface area contributed by atoms with Crippen molar-refractivity contribution in [2.75, 3.05) is 0 Å². The van der Waals surface area contributed by atoms with E-state index in [1.807, 2.05) is 60.7 Å². The molecule has 0 saturated carbocycles. The maximum absolute atomic E-state index is 13.9. The van der Waals surface area contributed by atoms with Gasteiger partial charge < -0.3 is 10.2 Å².